The fourth-order valence-corrected chi connectivity index (χ4v) is 3.74. The fourth-order valence-electron chi connectivity index (χ4n) is 3.11. The largest absolute Gasteiger partial charge is 0.330 e. The number of likely N-dealkylation sites (tertiary alicyclic amines) is 1. The lowest BCUT2D eigenvalue weighted by atomic mass is 10.0. The zero-order valence-electron chi connectivity index (χ0n) is 13.8. The third-order valence-corrected chi connectivity index (χ3v) is 4.79. The van der Waals surface area contributed by atoms with Gasteiger partial charge in [0.2, 0.25) is 0 Å². The molecule has 0 radical (unpaired) electrons. The van der Waals surface area contributed by atoms with Crippen LogP contribution in [0.3, 0.4) is 0 Å². The van der Waals surface area contributed by atoms with E-state index in [1.807, 2.05) is 48.9 Å². The molecule has 2 aromatic rings. The van der Waals surface area contributed by atoms with E-state index < -0.39 is 0 Å². The predicted molar refractivity (Wildman–Crippen MR) is 91.5 cm³/mol. The van der Waals surface area contributed by atoms with Gasteiger partial charge in [-0.2, -0.15) is 11.3 Å². The van der Waals surface area contributed by atoms with E-state index >= 15 is 0 Å². The summed E-state index contributed by atoms with van der Waals surface area (Å²) in [6.45, 7) is 3.49. The molecule has 1 aliphatic rings. The molecule has 1 atom stereocenters. The molecular formula is C17H22N4OS. The molecule has 1 saturated heterocycles. The van der Waals surface area contributed by atoms with Crippen LogP contribution in [0.2, 0.25) is 0 Å². The van der Waals surface area contributed by atoms with Crippen LogP contribution in [0.5, 0.6) is 0 Å². The molecule has 1 aliphatic heterocycles. The summed E-state index contributed by atoms with van der Waals surface area (Å²) in [7, 11) is 4.07. The Labute approximate surface area is 141 Å². The van der Waals surface area contributed by atoms with Crippen LogP contribution in [-0.4, -0.2) is 46.3 Å². The molecule has 0 aromatic carbocycles. The highest BCUT2D eigenvalue weighted by atomic mass is 32.1. The van der Waals surface area contributed by atoms with Gasteiger partial charge in [-0.25, -0.2) is 9.97 Å². The van der Waals surface area contributed by atoms with E-state index in [0.717, 1.165) is 48.6 Å². The Kier molecular flexibility index (Phi) is 4.73. The molecule has 0 unspecified atom stereocenters. The van der Waals surface area contributed by atoms with E-state index in [1.54, 1.807) is 11.3 Å². The van der Waals surface area contributed by atoms with E-state index in [1.165, 1.54) is 0 Å². The van der Waals surface area contributed by atoms with Crippen molar-refractivity contribution >= 4 is 17.2 Å². The first-order chi connectivity index (χ1) is 11.1. The molecule has 3 heterocycles. The lowest BCUT2D eigenvalue weighted by molar-refractivity contribution is 0.0732. The number of hydrogen-bond acceptors (Lipinski definition) is 5. The number of rotatable bonds is 4. The van der Waals surface area contributed by atoms with Crippen LogP contribution < -0.4 is 0 Å². The van der Waals surface area contributed by atoms with Crippen molar-refractivity contribution in [3.05, 3.63) is 45.7 Å². The van der Waals surface area contributed by atoms with E-state index in [-0.39, 0.29) is 11.9 Å². The summed E-state index contributed by atoms with van der Waals surface area (Å²) in [5, 5.41) is 3.87. The maximum Gasteiger partial charge on any atom is 0.255 e. The Bertz CT molecular complexity index is 684. The summed E-state index contributed by atoms with van der Waals surface area (Å²) < 4.78 is 0. The molecule has 0 spiro atoms. The molecule has 1 amide bonds. The van der Waals surface area contributed by atoms with Crippen molar-refractivity contribution in [3.8, 4) is 0 Å². The van der Waals surface area contributed by atoms with Gasteiger partial charge in [0.15, 0.2) is 0 Å². The van der Waals surface area contributed by atoms with Crippen molar-refractivity contribution in [1.29, 1.82) is 0 Å². The summed E-state index contributed by atoms with van der Waals surface area (Å²) in [5.74, 6) is 0.873. The average molecular weight is 330 g/mol. The molecule has 1 fully saturated rings. The smallest absolute Gasteiger partial charge is 0.255 e. The van der Waals surface area contributed by atoms with Crippen LogP contribution in [0.1, 0.15) is 46.3 Å². The van der Waals surface area contributed by atoms with Gasteiger partial charge < -0.3 is 9.80 Å². The van der Waals surface area contributed by atoms with E-state index in [0.29, 0.717) is 0 Å². The number of aromatic nitrogens is 2. The number of nitrogens with zero attached hydrogens (tertiary/aromatic N) is 4. The second kappa shape index (κ2) is 6.76. The first-order valence-electron chi connectivity index (χ1n) is 7.86. The third-order valence-electron chi connectivity index (χ3n) is 4.10. The first-order valence-corrected chi connectivity index (χ1v) is 8.81. The maximum atomic E-state index is 12.8. The standard InChI is InChI=1S/C17H22N4OS/c1-12-18-9-14(10-20(2)3)16(19-12)15-5-4-7-21(15)17(22)13-6-8-23-11-13/h6,8-9,11,15H,4-5,7,10H2,1-3H3/t15-/m1/s1. The minimum absolute atomic E-state index is 0.0547. The Hall–Kier alpha value is -1.79. The van der Waals surface area contributed by atoms with Crippen LogP contribution >= 0.6 is 11.3 Å². The van der Waals surface area contributed by atoms with Crippen LogP contribution in [0.15, 0.2) is 23.0 Å². The highest BCUT2D eigenvalue weighted by Crippen LogP contribution is 2.34. The van der Waals surface area contributed by atoms with Crippen molar-refractivity contribution < 1.29 is 4.79 Å². The summed E-state index contributed by atoms with van der Waals surface area (Å²) in [4.78, 5) is 25.9. The van der Waals surface area contributed by atoms with Crippen LogP contribution in [0, 0.1) is 6.92 Å². The number of thiophene rings is 1. The lowest BCUT2D eigenvalue weighted by Gasteiger charge is -2.26. The summed E-state index contributed by atoms with van der Waals surface area (Å²) in [5.41, 5.74) is 2.89. The number of carbonyl (C=O) groups is 1. The Morgan fingerprint density at radius 2 is 2.30 bits per heavy atom. The molecule has 122 valence electrons. The van der Waals surface area contributed by atoms with Crippen LogP contribution in [0.4, 0.5) is 0 Å². The number of hydrogen-bond donors (Lipinski definition) is 0. The van der Waals surface area contributed by atoms with E-state index in [2.05, 4.69) is 9.88 Å². The maximum absolute atomic E-state index is 12.8. The average Bonchev–Trinajstić information content (AvgIpc) is 3.19. The third kappa shape index (κ3) is 3.43. The zero-order chi connectivity index (χ0) is 16.4. The van der Waals surface area contributed by atoms with Gasteiger partial charge in [-0.05, 0) is 45.3 Å². The van der Waals surface area contributed by atoms with Crippen LogP contribution in [0.25, 0.3) is 0 Å². The van der Waals surface area contributed by atoms with Crippen molar-refractivity contribution in [2.45, 2.75) is 32.4 Å². The monoisotopic (exact) mass is 330 g/mol. The molecule has 0 saturated carbocycles. The minimum atomic E-state index is 0.0547. The molecule has 0 bridgehead atoms. The van der Waals surface area contributed by atoms with Crippen molar-refractivity contribution in [1.82, 2.24) is 19.8 Å². The predicted octanol–water partition coefficient (Wildman–Crippen LogP) is 2.89. The van der Waals surface area contributed by atoms with Crippen LogP contribution in [-0.2, 0) is 6.54 Å². The topological polar surface area (TPSA) is 49.3 Å². The molecule has 23 heavy (non-hydrogen) atoms. The van der Waals surface area contributed by atoms with E-state index in [9.17, 15) is 4.79 Å². The van der Waals surface area contributed by atoms with Gasteiger partial charge >= 0.3 is 0 Å². The van der Waals surface area contributed by atoms with Gasteiger partial charge in [0.05, 0.1) is 17.3 Å². The zero-order valence-corrected chi connectivity index (χ0v) is 14.6. The molecule has 5 nitrogen and oxygen atoms in total. The summed E-state index contributed by atoms with van der Waals surface area (Å²) in [6, 6.07) is 1.95. The van der Waals surface area contributed by atoms with Gasteiger partial charge in [-0.3, -0.25) is 4.79 Å². The fraction of sp³-hybridized carbons (Fsp3) is 0.471. The first kappa shape index (κ1) is 16.1. The van der Waals surface area contributed by atoms with Crippen molar-refractivity contribution in [2.24, 2.45) is 0 Å². The van der Waals surface area contributed by atoms with Gasteiger partial charge in [0.1, 0.15) is 5.82 Å². The normalized spacial score (nSPS) is 17.9. The van der Waals surface area contributed by atoms with E-state index in [4.69, 9.17) is 4.98 Å². The second-order valence-electron chi connectivity index (χ2n) is 6.23. The Balaban J connectivity index is 1.93. The molecule has 2 aromatic heterocycles. The molecule has 3 rings (SSSR count). The lowest BCUT2D eigenvalue weighted by Crippen LogP contribution is -2.32. The SMILES string of the molecule is Cc1ncc(CN(C)C)c([C@H]2CCCN2C(=O)c2ccsc2)n1. The molecular weight excluding hydrogens is 308 g/mol. The quantitative estimate of drug-likeness (QED) is 0.865. The van der Waals surface area contributed by atoms with Crippen molar-refractivity contribution in [2.75, 3.05) is 20.6 Å². The molecule has 6 heteroatoms. The van der Waals surface area contributed by atoms with Gasteiger partial charge in [-0.1, -0.05) is 0 Å². The number of amides is 1. The second-order valence-corrected chi connectivity index (χ2v) is 7.01. The number of carbonyl (C=O) groups excluding carboxylic acids is 1. The van der Waals surface area contributed by atoms with Crippen molar-refractivity contribution in [3.63, 3.8) is 0 Å². The summed E-state index contributed by atoms with van der Waals surface area (Å²) in [6.07, 6.45) is 3.89. The summed E-state index contributed by atoms with van der Waals surface area (Å²) >= 11 is 1.56. The minimum Gasteiger partial charge on any atom is -0.330 e. The van der Waals surface area contributed by atoms with Gasteiger partial charge in [0, 0.05) is 30.2 Å². The Morgan fingerprint density at radius 3 is 3.00 bits per heavy atom. The number of aryl methyl sites for hydroxylation is 1. The highest BCUT2D eigenvalue weighted by Gasteiger charge is 2.33. The molecule has 0 aliphatic carbocycles. The molecule has 0 N–H and O–H groups in total. The van der Waals surface area contributed by atoms with Gasteiger partial charge in [-0.15, -0.1) is 0 Å². The van der Waals surface area contributed by atoms with Gasteiger partial charge in [0.25, 0.3) is 5.91 Å². The highest BCUT2D eigenvalue weighted by molar-refractivity contribution is 7.08. The Morgan fingerprint density at radius 1 is 1.48 bits per heavy atom.